The minimum atomic E-state index is -4.58. The van der Waals surface area contributed by atoms with Gasteiger partial charge in [0.2, 0.25) is 0 Å². The molecule has 0 saturated carbocycles. The van der Waals surface area contributed by atoms with Gasteiger partial charge in [-0.15, -0.1) is 0 Å². The summed E-state index contributed by atoms with van der Waals surface area (Å²) in [4.78, 5) is 11.9. The van der Waals surface area contributed by atoms with Crippen LogP contribution in [0, 0.1) is 4.64 Å². The van der Waals surface area contributed by atoms with Crippen LogP contribution in [0.1, 0.15) is 26.5 Å². The smallest absolute Gasteiger partial charge is 0.292 e. The summed E-state index contributed by atoms with van der Waals surface area (Å²) in [6.07, 6.45) is -4.58. The van der Waals surface area contributed by atoms with Crippen molar-refractivity contribution in [2.24, 2.45) is 7.05 Å². The van der Waals surface area contributed by atoms with Crippen LogP contribution in [0.15, 0.2) is 10.9 Å². The fraction of sp³-hybridized carbons (Fsp3) is 0.600. The average molecular weight is 266 g/mol. The van der Waals surface area contributed by atoms with Gasteiger partial charge in [-0.05, 0) is 20.8 Å². The maximum atomic E-state index is 12.6. The van der Waals surface area contributed by atoms with E-state index in [1.807, 2.05) is 0 Å². The second-order valence-corrected chi connectivity index (χ2v) is 5.13. The highest BCUT2D eigenvalue weighted by atomic mass is 32.1. The second kappa shape index (κ2) is 3.97. The fourth-order valence-corrected chi connectivity index (χ4v) is 1.98. The molecule has 0 aliphatic carbocycles. The van der Waals surface area contributed by atoms with Gasteiger partial charge < -0.3 is 0 Å². The standard InChI is InChI=1S/C10H13F3N2OS/c1-9(2,3)15-7(17)5-6(10(11,12)13)14(4)8(15)16/h5H,1-4H3. The molecule has 0 bridgehead atoms. The van der Waals surface area contributed by atoms with Gasteiger partial charge in [0, 0.05) is 18.7 Å². The lowest BCUT2D eigenvalue weighted by molar-refractivity contribution is -0.144. The number of nitrogens with zero attached hydrogens (tertiary/aromatic N) is 2. The summed E-state index contributed by atoms with van der Waals surface area (Å²) in [5.41, 5.74) is -2.46. The molecule has 1 aromatic rings. The van der Waals surface area contributed by atoms with Gasteiger partial charge in [-0.25, -0.2) is 4.79 Å². The molecule has 0 spiro atoms. The van der Waals surface area contributed by atoms with Gasteiger partial charge in [0.05, 0.1) is 0 Å². The SMILES string of the molecule is Cn1c(C(F)(F)F)cc(=S)n(C(C)(C)C)c1=O. The minimum Gasteiger partial charge on any atom is -0.292 e. The third kappa shape index (κ3) is 2.59. The Morgan fingerprint density at radius 3 is 2.06 bits per heavy atom. The maximum Gasteiger partial charge on any atom is 0.431 e. The molecule has 1 aromatic heterocycles. The van der Waals surface area contributed by atoms with Crippen molar-refractivity contribution in [3.05, 3.63) is 26.9 Å². The molecule has 0 unspecified atom stereocenters. The lowest BCUT2D eigenvalue weighted by Gasteiger charge is -2.24. The van der Waals surface area contributed by atoms with Crippen molar-refractivity contribution in [3.8, 4) is 0 Å². The number of rotatable bonds is 0. The summed E-state index contributed by atoms with van der Waals surface area (Å²) in [7, 11) is 1.09. The van der Waals surface area contributed by atoms with E-state index in [0.29, 0.717) is 4.57 Å². The van der Waals surface area contributed by atoms with Gasteiger partial charge in [-0.1, -0.05) is 12.2 Å². The quantitative estimate of drug-likeness (QED) is 0.675. The predicted molar refractivity (Wildman–Crippen MR) is 60.5 cm³/mol. The Hall–Kier alpha value is -1.11. The van der Waals surface area contributed by atoms with Crippen LogP contribution in [0.4, 0.5) is 13.2 Å². The summed E-state index contributed by atoms with van der Waals surface area (Å²) in [5, 5.41) is 0. The highest BCUT2D eigenvalue weighted by Gasteiger charge is 2.35. The lowest BCUT2D eigenvalue weighted by atomic mass is 10.1. The highest BCUT2D eigenvalue weighted by Crippen LogP contribution is 2.28. The van der Waals surface area contributed by atoms with E-state index in [1.165, 1.54) is 0 Å². The van der Waals surface area contributed by atoms with Crippen molar-refractivity contribution < 1.29 is 13.2 Å². The molecule has 0 amide bonds. The first-order chi connectivity index (χ1) is 7.46. The third-order valence-corrected chi connectivity index (χ3v) is 2.58. The monoisotopic (exact) mass is 266 g/mol. The molecule has 96 valence electrons. The molecule has 0 radical (unpaired) electrons. The number of alkyl halides is 3. The Kier molecular flexibility index (Phi) is 3.26. The first-order valence-electron chi connectivity index (χ1n) is 4.87. The van der Waals surface area contributed by atoms with E-state index in [0.717, 1.165) is 17.7 Å². The molecular weight excluding hydrogens is 253 g/mol. The first kappa shape index (κ1) is 14.0. The van der Waals surface area contributed by atoms with Gasteiger partial charge in [0.25, 0.3) is 0 Å². The van der Waals surface area contributed by atoms with Crippen LogP contribution in [0.5, 0.6) is 0 Å². The Morgan fingerprint density at radius 1 is 1.24 bits per heavy atom. The van der Waals surface area contributed by atoms with Crippen LogP contribution < -0.4 is 5.69 Å². The van der Waals surface area contributed by atoms with Gasteiger partial charge in [-0.3, -0.25) is 9.13 Å². The van der Waals surface area contributed by atoms with Crippen LogP contribution in [0.25, 0.3) is 0 Å². The molecular formula is C10H13F3N2OS. The number of hydrogen-bond acceptors (Lipinski definition) is 2. The second-order valence-electron chi connectivity index (χ2n) is 4.71. The minimum absolute atomic E-state index is 0.118. The lowest BCUT2D eigenvalue weighted by Crippen LogP contribution is -2.41. The molecule has 1 rings (SSSR count). The Labute approximate surface area is 101 Å². The zero-order valence-electron chi connectivity index (χ0n) is 9.92. The molecule has 3 nitrogen and oxygen atoms in total. The third-order valence-electron chi connectivity index (χ3n) is 2.28. The van der Waals surface area contributed by atoms with Crippen molar-refractivity contribution in [1.29, 1.82) is 0 Å². The van der Waals surface area contributed by atoms with Crippen LogP contribution in [0.2, 0.25) is 0 Å². The van der Waals surface area contributed by atoms with Gasteiger partial charge in [-0.2, -0.15) is 13.2 Å². The highest BCUT2D eigenvalue weighted by molar-refractivity contribution is 7.71. The van der Waals surface area contributed by atoms with Crippen LogP contribution in [0.3, 0.4) is 0 Å². The molecule has 1 heterocycles. The molecule has 0 N–H and O–H groups in total. The summed E-state index contributed by atoms with van der Waals surface area (Å²) < 4.78 is 39.5. The summed E-state index contributed by atoms with van der Waals surface area (Å²) in [5.74, 6) is 0. The van der Waals surface area contributed by atoms with E-state index < -0.39 is 23.1 Å². The maximum absolute atomic E-state index is 12.6. The largest absolute Gasteiger partial charge is 0.431 e. The summed E-state index contributed by atoms with van der Waals surface area (Å²) in [6.45, 7) is 5.12. The Bertz CT molecular complexity index is 549. The molecule has 0 aliphatic rings. The molecule has 7 heteroatoms. The van der Waals surface area contributed by atoms with Crippen LogP contribution in [-0.2, 0) is 18.8 Å². The Balaban J connectivity index is 3.73. The molecule has 17 heavy (non-hydrogen) atoms. The normalized spacial score (nSPS) is 12.9. The zero-order valence-corrected chi connectivity index (χ0v) is 10.7. The molecule has 0 atom stereocenters. The fourth-order valence-electron chi connectivity index (χ4n) is 1.52. The summed E-state index contributed by atoms with van der Waals surface area (Å²) >= 11 is 4.85. The van der Waals surface area contributed by atoms with E-state index in [-0.39, 0.29) is 4.64 Å². The van der Waals surface area contributed by atoms with Crippen molar-refractivity contribution in [2.75, 3.05) is 0 Å². The van der Waals surface area contributed by atoms with E-state index in [9.17, 15) is 18.0 Å². The summed E-state index contributed by atoms with van der Waals surface area (Å²) in [6, 6.07) is 0.808. The topological polar surface area (TPSA) is 26.9 Å². The number of halogens is 3. The predicted octanol–water partition coefficient (Wildman–Crippen LogP) is 2.69. The number of hydrogen-bond donors (Lipinski definition) is 0. The van der Waals surface area contributed by atoms with Crippen molar-refractivity contribution >= 4 is 12.2 Å². The van der Waals surface area contributed by atoms with E-state index in [2.05, 4.69) is 0 Å². The van der Waals surface area contributed by atoms with Crippen LogP contribution >= 0.6 is 12.2 Å². The van der Waals surface area contributed by atoms with Gasteiger partial charge >= 0.3 is 11.9 Å². The van der Waals surface area contributed by atoms with Crippen molar-refractivity contribution in [3.63, 3.8) is 0 Å². The van der Waals surface area contributed by atoms with E-state index in [1.54, 1.807) is 20.8 Å². The molecule has 0 fully saturated rings. The van der Waals surface area contributed by atoms with E-state index >= 15 is 0 Å². The Morgan fingerprint density at radius 2 is 1.71 bits per heavy atom. The van der Waals surface area contributed by atoms with E-state index in [4.69, 9.17) is 12.2 Å². The first-order valence-corrected chi connectivity index (χ1v) is 5.28. The molecule has 0 aliphatic heterocycles. The average Bonchev–Trinajstić information content (AvgIpc) is 2.07. The molecule has 0 saturated heterocycles. The zero-order chi connectivity index (χ0) is 13.6. The molecule has 0 aromatic carbocycles. The van der Waals surface area contributed by atoms with Gasteiger partial charge in [0.1, 0.15) is 10.3 Å². The number of aromatic nitrogens is 2. The van der Waals surface area contributed by atoms with Crippen molar-refractivity contribution in [1.82, 2.24) is 9.13 Å². The van der Waals surface area contributed by atoms with Crippen LogP contribution in [-0.4, -0.2) is 9.13 Å². The van der Waals surface area contributed by atoms with Gasteiger partial charge in [0.15, 0.2) is 0 Å². The van der Waals surface area contributed by atoms with Crippen molar-refractivity contribution in [2.45, 2.75) is 32.5 Å².